The summed E-state index contributed by atoms with van der Waals surface area (Å²) in [5, 5.41) is 4.72. The molecule has 1 fully saturated rings. The van der Waals surface area contributed by atoms with E-state index in [1.54, 1.807) is 0 Å². The summed E-state index contributed by atoms with van der Waals surface area (Å²) in [5.41, 5.74) is 3.73. The maximum Gasteiger partial charge on any atom is 0.0702 e. The number of rotatable bonds is 3. The van der Waals surface area contributed by atoms with Crippen molar-refractivity contribution in [3.63, 3.8) is 0 Å². The van der Waals surface area contributed by atoms with E-state index in [2.05, 4.69) is 56.6 Å². The first-order chi connectivity index (χ1) is 11.4. The standard InChI is InChI=1S/C19H20N4/c1-2-17-12-15(3-4-18(17)22-7-1)14-23-11-10-21-13-19(23)16-5-8-20-9-6-16/h1-9,12,19,21H,10-11,13-14H2. The Bertz CT molecular complexity index is 787. The van der Waals surface area contributed by atoms with Crippen LogP contribution in [0.5, 0.6) is 0 Å². The molecular formula is C19H20N4. The molecule has 0 bridgehead atoms. The molecule has 4 heteroatoms. The molecule has 1 aromatic carbocycles. The van der Waals surface area contributed by atoms with Gasteiger partial charge >= 0.3 is 0 Å². The molecular weight excluding hydrogens is 284 g/mol. The average molecular weight is 304 g/mol. The van der Waals surface area contributed by atoms with Gasteiger partial charge < -0.3 is 5.32 Å². The van der Waals surface area contributed by atoms with E-state index in [1.165, 1.54) is 16.5 Å². The van der Waals surface area contributed by atoms with E-state index in [9.17, 15) is 0 Å². The Morgan fingerprint density at radius 2 is 2.00 bits per heavy atom. The summed E-state index contributed by atoms with van der Waals surface area (Å²) in [6, 6.07) is 15.3. The smallest absolute Gasteiger partial charge is 0.0702 e. The second-order valence-corrected chi connectivity index (χ2v) is 6.00. The predicted molar refractivity (Wildman–Crippen MR) is 92.0 cm³/mol. The fraction of sp³-hybridized carbons (Fsp3) is 0.263. The van der Waals surface area contributed by atoms with Crippen molar-refractivity contribution in [2.45, 2.75) is 12.6 Å². The van der Waals surface area contributed by atoms with Crippen LogP contribution in [0.15, 0.2) is 61.1 Å². The number of hydrogen-bond acceptors (Lipinski definition) is 4. The van der Waals surface area contributed by atoms with E-state index >= 15 is 0 Å². The quantitative estimate of drug-likeness (QED) is 0.808. The van der Waals surface area contributed by atoms with Crippen molar-refractivity contribution in [3.05, 3.63) is 72.2 Å². The molecule has 0 radical (unpaired) electrons. The summed E-state index contributed by atoms with van der Waals surface area (Å²) in [7, 11) is 0. The number of benzene rings is 1. The fourth-order valence-electron chi connectivity index (χ4n) is 3.31. The van der Waals surface area contributed by atoms with Crippen LogP contribution < -0.4 is 5.32 Å². The summed E-state index contributed by atoms with van der Waals surface area (Å²) >= 11 is 0. The van der Waals surface area contributed by atoms with Crippen LogP contribution in [-0.4, -0.2) is 34.5 Å². The van der Waals surface area contributed by atoms with Crippen molar-refractivity contribution >= 4 is 10.9 Å². The van der Waals surface area contributed by atoms with Gasteiger partial charge in [0.15, 0.2) is 0 Å². The Hall–Kier alpha value is -2.30. The lowest BCUT2D eigenvalue weighted by molar-refractivity contribution is 0.154. The normalized spacial score (nSPS) is 19.0. The maximum absolute atomic E-state index is 4.40. The van der Waals surface area contributed by atoms with Crippen LogP contribution in [0.25, 0.3) is 10.9 Å². The van der Waals surface area contributed by atoms with Gasteiger partial charge in [-0.25, -0.2) is 0 Å². The number of aromatic nitrogens is 2. The molecule has 3 aromatic rings. The number of piperazine rings is 1. The third-order valence-electron chi connectivity index (χ3n) is 4.50. The SMILES string of the molecule is c1cnc2ccc(CN3CCNCC3c3ccncc3)cc2c1. The van der Waals surface area contributed by atoms with E-state index in [-0.39, 0.29) is 0 Å². The Labute approximate surface area is 136 Å². The summed E-state index contributed by atoms with van der Waals surface area (Å²) in [6.07, 6.45) is 5.60. The molecule has 4 nitrogen and oxygen atoms in total. The zero-order valence-electron chi connectivity index (χ0n) is 13.0. The lowest BCUT2D eigenvalue weighted by atomic mass is 10.0. The second-order valence-electron chi connectivity index (χ2n) is 6.00. The summed E-state index contributed by atoms with van der Waals surface area (Å²) in [5.74, 6) is 0. The molecule has 1 saturated heterocycles. The van der Waals surface area contributed by atoms with Gasteiger partial charge in [0.25, 0.3) is 0 Å². The first-order valence-electron chi connectivity index (χ1n) is 8.08. The van der Waals surface area contributed by atoms with Crippen LogP contribution in [0.3, 0.4) is 0 Å². The van der Waals surface area contributed by atoms with Gasteiger partial charge in [-0.3, -0.25) is 14.9 Å². The minimum atomic E-state index is 0.399. The predicted octanol–water partition coefficient (Wildman–Crippen LogP) is 2.78. The average Bonchev–Trinajstić information content (AvgIpc) is 2.63. The van der Waals surface area contributed by atoms with Crippen molar-refractivity contribution in [2.75, 3.05) is 19.6 Å². The van der Waals surface area contributed by atoms with Gasteiger partial charge in [-0.15, -0.1) is 0 Å². The fourth-order valence-corrected chi connectivity index (χ4v) is 3.31. The third kappa shape index (κ3) is 3.09. The molecule has 1 aliphatic heterocycles. The van der Waals surface area contributed by atoms with Gasteiger partial charge in [0, 0.05) is 56.2 Å². The van der Waals surface area contributed by atoms with E-state index in [0.717, 1.165) is 31.7 Å². The van der Waals surface area contributed by atoms with Gasteiger partial charge in [-0.2, -0.15) is 0 Å². The van der Waals surface area contributed by atoms with Gasteiger partial charge in [-0.1, -0.05) is 12.1 Å². The molecule has 1 atom stereocenters. The molecule has 1 N–H and O–H groups in total. The summed E-state index contributed by atoms with van der Waals surface area (Å²) < 4.78 is 0. The highest BCUT2D eigenvalue weighted by Crippen LogP contribution is 2.24. The highest BCUT2D eigenvalue weighted by molar-refractivity contribution is 5.78. The Kier molecular flexibility index (Phi) is 4.01. The molecule has 4 rings (SSSR count). The first-order valence-corrected chi connectivity index (χ1v) is 8.08. The van der Waals surface area contributed by atoms with E-state index in [1.807, 2.05) is 24.7 Å². The zero-order valence-corrected chi connectivity index (χ0v) is 13.0. The maximum atomic E-state index is 4.40. The molecule has 2 aromatic heterocycles. The largest absolute Gasteiger partial charge is 0.314 e. The van der Waals surface area contributed by atoms with E-state index in [4.69, 9.17) is 0 Å². The third-order valence-corrected chi connectivity index (χ3v) is 4.50. The van der Waals surface area contributed by atoms with E-state index in [0.29, 0.717) is 6.04 Å². The minimum Gasteiger partial charge on any atom is -0.314 e. The summed E-state index contributed by atoms with van der Waals surface area (Å²) in [6.45, 7) is 4.04. The Morgan fingerprint density at radius 3 is 2.91 bits per heavy atom. The van der Waals surface area contributed by atoms with Crippen LogP contribution >= 0.6 is 0 Å². The van der Waals surface area contributed by atoms with Crippen LogP contribution in [0.4, 0.5) is 0 Å². The molecule has 1 unspecified atom stereocenters. The molecule has 116 valence electrons. The Morgan fingerprint density at radius 1 is 1.09 bits per heavy atom. The molecule has 0 amide bonds. The van der Waals surface area contributed by atoms with Crippen molar-refractivity contribution < 1.29 is 0 Å². The lowest BCUT2D eigenvalue weighted by Gasteiger charge is -2.36. The monoisotopic (exact) mass is 304 g/mol. The number of pyridine rings is 2. The van der Waals surface area contributed by atoms with Crippen molar-refractivity contribution in [3.8, 4) is 0 Å². The highest BCUT2D eigenvalue weighted by atomic mass is 15.2. The van der Waals surface area contributed by atoms with E-state index < -0.39 is 0 Å². The van der Waals surface area contributed by atoms with Gasteiger partial charge in [0.1, 0.15) is 0 Å². The number of hydrogen-bond donors (Lipinski definition) is 1. The highest BCUT2D eigenvalue weighted by Gasteiger charge is 2.23. The Balaban J connectivity index is 1.59. The second kappa shape index (κ2) is 6.44. The number of nitrogens with one attached hydrogen (secondary N) is 1. The van der Waals surface area contributed by atoms with Crippen LogP contribution in [0.1, 0.15) is 17.2 Å². The van der Waals surface area contributed by atoms with Crippen molar-refractivity contribution in [1.82, 2.24) is 20.2 Å². The molecule has 3 heterocycles. The van der Waals surface area contributed by atoms with Crippen LogP contribution in [0.2, 0.25) is 0 Å². The lowest BCUT2D eigenvalue weighted by Crippen LogP contribution is -2.45. The number of nitrogens with zero attached hydrogens (tertiary/aromatic N) is 3. The molecule has 0 aliphatic carbocycles. The van der Waals surface area contributed by atoms with Gasteiger partial charge in [0.05, 0.1) is 5.52 Å². The van der Waals surface area contributed by atoms with Crippen molar-refractivity contribution in [1.29, 1.82) is 0 Å². The van der Waals surface area contributed by atoms with Crippen molar-refractivity contribution in [2.24, 2.45) is 0 Å². The summed E-state index contributed by atoms with van der Waals surface area (Å²) in [4.78, 5) is 11.1. The number of fused-ring (bicyclic) bond motifs is 1. The molecule has 23 heavy (non-hydrogen) atoms. The first kappa shape index (κ1) is 14.3. The topological polar surface area (TPSA) is 41.1 Å². The van der Waals surface area contributed by atoms with Gasteiger partial charge in [0.2, 0.25) is 0 Å². The van der Waals surface area contributed by atoms with Crippen LogP contribution in [0, 0.1) is 0 Å². The van der Waals surface area contributed by atoms with Gasteiger partial charge in [-0.05, 0) is 41.5 Å². The zero-order chi connectivity index (χ0) is 15.5. The minimum absolute atomic E-state index is 0.399. The molecule has 0 saturated carbocycles. The van der Waals surface area contributed by atoms with Crippen LogP contribution in [-0.2, 0) is 6.54 Å². The molecule has 1 aliphatic rings. The molecule has 0 spiro atoms.